The first-order valence-corrected chi connectivity index (χ1v) is 18.4. The van der Waals surface area contributed by atoms with Crippen molar-refractivity contribution >= 4 is 55.1 Å². The first kappa shape index (κ1) is 31.7. The molecule has 2 nitrogen and oxygen atoms in total. The average molecular weight is 669 g/mol. The van der Waals surface area contributed by atoms with Gasteiger partial charge in [-0.1, -0.05) is 133 Å². The van der Waals surface area contributed by atoms with Crippen molar-refractivity contribution in [2.45, 2.75) is 39.0 Å². The summed E-state index contributed by atoms with van der Waals surface area (Å²) in [5.41, 5.74) is 16.8. The lowest BCUT2D eigenvalue weighted by Gasteiger charge is -2.21. The third kappa shape index (κ3) is 5.21. The second-order valence-corrected chi connectivity index (χ2v) is 13.8. The highest BCUT2D eigenvalue weighted by atomic mass is 15.0. The largest absolute Gasteiger partial charge is 0.312 e. The standard InChI is InChI=1S/C50H40N2/c1-3-4-7-20-35(2)37-23-12-15-30-43(37)51-45-31-16-13-25-41(45)49-39(27-18-33-47(49)51)40-28-19-34-48-50(40)42-26-14-17-32-46(42)52(48)44-29-11-6-10-24-38(44)36-21-8-5-9-22-36/h1,4-9,11-17,19-23,25-28,30-32,34H,10,18,24,29,33H2,2H3/b7-4-,35-20+. The van der Waals surface area contributed by atoms with E-state index < -0.39 is 0 Å². The van der Waals surface area contributed by atoms with Gasteiger partial charge in [0.15, 0.2) is 0 Å². The Balaban J connectivity index is 1.30. The molecule has 2 heteroatoms. The lowest BCUT2D eigenvalue weighted by Crippen LogP contribution is -2.07. The van der Waals surface area contributed by atoms with Crippen LogP contribution in [-0.2, 0) is 6.42 Å². The first-order valence-electron chi connectivity index (χ1n) is 18.4. The number of nitrogens with zero attached hydrogens (tertiary/aromatic N) is 2. The predicted molar refractivity (Wildman–Crippen MR) is 222 cm³/mol. The summed E-state index contributed by atoms with van der Waals surface area (Å²) in [6.45, 7) is 2.17. The molecule has 0 unspecified atom stereocenters. The molecule has 0 aliphatic heterocycles. The van der Waals surface area contributed by atoms with Crippen LogP contribution in [0.5, 0.6) is 0 Å². The topological polar surface area (TPSA) is 9.86 Å². The Labute approximate surface area is 306 Å². The zero-order valence-corrected chi connectivity index (χ0v) is 29.5. The molecule has 0 fully saturated rings. The zero-order valence-electron chi connectivity index (χ0n) is 29.5. The van der Waals surface area contributed by atoms with Gasteiger partial charge in [-0.15, -0.1) is 6.42 Å². The Morgan fingerprint density at radius 3 is 2.27 bits per heavy atom. The van der Waals surface area contributed by atoms with Gasteiger partial charge in [-0.25, -0.2) is 0 Å². The third-order valence-corrected chi connectivity index (χ3v) is 10.8. The molecule has 2 aliphatic carbocycles. The van der Waals surface area contributed by atoms with Crippen molar-refractivity contribution in [2.75, 3.05) is 0 Å². The molecule has 9 rings (SSSR count). The number of para-hydroxylation sites is 3. The summed E-state index contributed by atoms with van der Waals surface area (Å²) in [4.78, 5) is 0. The fourth-order valence-corrected chi connectivity index (χ4v) is 8.66. The van der Waals surface area contributed by atoms with Crippen molar-refractivity contribution in [1.82, 2.24) is 9.13 Å². The van der Waals surface area contributed by atoms with Crippen molar-refractivity contribution in [1.29, 1.82) is 0 Å². The number of hydrogen-bond acceptors (Lipinski definition) is 0. The number of fused-ring (bicyclic) bond motifs is 6. The number of aromatic nitrogens is 2. The molecule has 0 spiro atoms. The quantitative estimate of drug-likeness (QED) is 0.0948. The molecule has 2 aliphatic rings. The molecular formula is C50H40N2. The minimum atomic E-state index is 0.897. The fraction of sp³-hybridized carbons (Fsp3) is 0.120. The lowest BCUT2D eigenvalue weighted by molar-refractivity contribution is 0.883. The molecule has 0 atom stereocenters. The highest BCUT2D eigenvalue weighted by molar-refractivity contribution is 6.17. The predicted octanol–water partition coefficient (Wildman–Crippen LogP) is 12.8. The number of rotatable bonds is 6. The van der Waals surface area contributed by atoms with Crippen LogP contribution in [0.15, 0.2) is 158 Å². The van der Waals surface area contributed by atoms with E-state index >= 15 is 0 Å². The van der Waals surface area contributed by atoms with E-state index in [1.165, 1.54) is 88.8 Å². The van der Waals surface area contributed by atoms with E-state index in [1.807, 2.05) is 6.08 Å². The van der Waals surface area contributed by atoms with E-state index in [9.17, 15) is 0 Å². The van der Waals surface area contributed by atoms with Crippen LogP contribution in [0.2, 0.25) is 0 Å². The normalized spacial score (nSPS) is 15.0. The molecule has 2 aromatic heterocycles. The Kier molecular flexibility index (Phi) is 8.18. The van der Waals surface area contributed by atoms with Gasteiger partial charge in [0.05, 0.1) is 22.2 Å². The summed E-state index contributed by atoms with van der Waals surface area (Å²) >= 11 is 0. The van der Waals surface area contributed by atoms with Gasteiger partial charge in [-0.3, -0.25) is 0 Å². The van der Waals surface area contributed by atoms with Crippen LogP contribution < -0.4 is 0 Å². The highest BCUT2D eigenvalue weighted by Gasteiger charge is 2.28. The average Bonchev–Trinajstić information content (AvgIpc) is 3.60. The molecule has 0 saturated carbocycles. The molecule has 0 saturated heterocycles. The van der Waals surface area contributed by atoms with Gasteiger partial charge in [0.1, 0.15) is 0 Å². The Bertz CT molecular complexity index is 2710. The van der Waals surface area contributed by atoms with Crippen molar-refractivity contribution in [3.63, 3.8) is 0 Å². The summed E-state index contributed by atoms with van der Waals surface area (Å²) in [6, 6.07) is 44.7. The minimum Gasteiger partial charge on any atom is -0.312 e. The second-order valence-electron chi connectivity index (χ2n) is 13.8. The van der Waals surface area contributed by atoms with Crippen LogP contribution in [0.25, 0.3) is 60.8 Å². The molecule has 5 aromatic carbocycles. The summed E-state index contributed by atoms with van der Waals surface area (Å²) in [5, 5.41) is 3.90. The van der Waals surface area contributed by atoms with Gasteiger partial charge in [0, 0.05) is 45.1 Å². The van der Waals surface area contributed by atoms with Crippen molar-refractivity contribution in [3.05, 3.63) is 186 Å². The smallest absolute Gasteiger partial charge is 0.0544 e. The van der Waals surface area contributed by atoms with Gasteiger partial charge in [0.2, 0.25) is 0 Å². The Morgan fingerprint density at radius 2 is 1.42 bits per heavy atom. The maximum absolute atomic E-state index is 5.52. The molecule has 0 bridgehead atoms. The molecule has 0 amide bonds. The van der Waals surface area contributed by atoms with E-state index in [0.29, 0.717) is 0 Å². The van der Waals surface area contributed by atoms with Crippen LogP contribution in [0.4, 0.5) is 0 Å². The van der Waals surface area contributed by atoms with Gasteiger partial charge in [0.25, 0.3) is 0 Å². The third-order valence-electron chi connectivity index (χ3n) is 10.8. The van der Waals surface area contributed by atoms with Crippen LogP contribution in [0.3, 0.4) is 0 Å². The van der Waals surface area contributed by atoms with Gasteiger partial charge in [-0.05, 0) is 90.8 Å². The molecule has 52 heavy (non-hydrogen) atoms. The lowest BCUT2D eigenvalue weighted by atomic mass is 9.87. The Hall–Kier alpha value is -6.30. The summed E-state index contributed by atoms with van der Waals surface area (Å²) in [5.74, 6) is 2.61. The molecule has 250 valence electrons. The van der Waals surface area contributed by atoms with Crippen LogP contribution >= 0.6 is 0 Å². The second kappa shape index (κ2) is 13.4. The maximum Gasteiger partial charge on any atom is 0.0544 e. The zero-order chi connectivity index (χ0) is 35.0. The molecule has 0 N–H and O–H groups in total. The van der Waals surface area contributed by atoms with Crippen LogP contribution in [0.1, 0.15) is 60.6 Å². The van der Waals surface area contributed by atoms with Crippen molar-refractivity contribution in [3.8, 4) is 18.0 Å². The molecular weight excluding hydrogens is 629 g/mol. The molecule has 0 radical (unpaired) electrons. The van der Waals surface area contributed by atoms with E-state index in [0.717, 1.165) is 32.1 Å². The number of hydrogen-bond donors (Lipinski definition) is 0. The minimum absolute atomic E-state index is 0.897. The monoisotopic (exact) mass is 668 g/mol. The van der Waals surface area contributed by atoms with E-state index in [2.05, 4.69) is 168 Å². The van der Waals surface area contributed by atoms with Gasteiger partial charge < -0.3 is 9.13 Å². The van der Waals surface area contributed by atoms with E-state index in [1.54, 1.807) is 6.08 Å². The van der Waals surface area contributed by atoms with E-state index in [4.69, 9.17) is 6.42 Å². The van der Waals surface area contributed by atoms with Crippen LogP contribution in [-0.4, -0.2) is 9.13 Å². The first-order chi connectivity index (χ1) is 25.7. The highest BCUT2D eigenvalue weighted by Crippen LogP contribution is 2.46. The summed E-state index contributed by atoms with van der Waals surface area (Å²) < 4.78 is 5.09. The number of allylic oxidation sites excluding steroid dienone is 9. The fourth-order valence-electron chi connectivity index (χ4n) is 8.66. The van der Waals surface area contributed by atoms with Crippen molar-refractivity contribution in [2.24, 2.45) is 0 Å². The molecule has 7 aromatic rings. The van der Waals surface area contributed by atoms with Crippen LogP contribution in [0, 0.1) is 12.3 Å². The Morgan fingerprint density at radius 1 is 0.692 bits per heavy atom. The summed E-state index contributed by atoms with van der Waals surface area (Å²) in [7, 11) is 0. The maximum atomic E-state index is 5.52. The number of terminal acetylenes is 1. The molecule has 2 heterocycles. The van der Waals surface area contributed by atoms with Gasteiger partial charge >= 0.3 is 0 Å². The summed E-state index contributed by atoms with van der Waals surface area (Å²) in [6.07, 6.45) is 23.5. The number of benzene rings is 5. The van der Waals surface area contributed by atoms with Gasteiger partial charge in [-0.2, -0.15) is 0 Å². The SMILES string of the molecule is C#C/C=C\C=C(/C)c1ccccc1-n1c2c(c3ccccc31)C(c1cccc3c1c1ccccc1n3C1=C(c3ccccc3)CCC=CC1)=CCC2. The van der Waals surface area contributed by atoms with Crippen molar-refractivity contribution < 1.29 is 0 Å². The van der Waals surface area contributed by atoms with E-state index in [-0.39, 0.29) is 0 Å².